The first-order chi connectivity index (χ1) is 13.6. The average molecular weight is 371 g/mol. The molecule has 0 radical (unpaired) electrons. The van der Waals surface area contributed by atoms with Crippen LogP contribution in [-0.4, -0.2) is 32.2 Å². The molecular formula is C21H17N5O2. The maximum Gasteiger partial charge on any atom is 0.253 e. The van der Waals surface area contributed by atoms with E-state index < -0.39 is 0 Å². The highest BCUT2D eigenvalue weighted by molar-refractivity contribution is 5.98. The molecule has 0 spiro atoms. The van der Waals surface area contributed by atoms with Crippen LogP contribution >= 0.6 is 0 Å². The van der Waals surface area contributed by atoms with Crippen LogP contribution in [0.5, 0.6) is 0 Å². The smallest absolute Gasteiger partial charge is 0.253 e. The summed E-state index contributed by atoms with van der Waals surface area (Å²) in [5, 5.41) is 1.02. The molecule has 1 amide bonds. The van der Waals surface area contributed by atoms with E-state index in [2.05, 4.69) is 9.97 Å². The first kappa shape index (κ1) is 16.3. The Bertz CT molecular complexity index is 1350. The highest BCUT2D eigenvalue weighted by atomic mass is 16.3. The second-order valence-corrected chi connectivity index (χ2v) is 6.77. The molecule has 0 aliphatic rings. The van der Waals surface area contributed by atoms with Crippen LogP contribution in [0.25, 0.3) is 27.5 Å². The summed E-state index contributed by atoms with van der Waals surface area (Å²) >= 11 is 0. The molecule has 2 N–H and O–H groups in total. The Morgan fingerprint density at radius 3 is 3.00 bits per heavy atom. The van der Waals surface area contributed by atoms with Crippen LogP contribution < -0.4 is 5.73 Å². The maximum absolute atomic E-state index is 13.0. The van der Waals surface area contributed by atoms with E-state index in [1.165, 1.54) is 0 Å². The Morgan fingerprint density at radius 1 is 1.21 bits per heavy atom. The third-order valence-corrected chi connectivity index (χ3v) is 4.94. The third kappa shape index (κ3) is 2.48. The van der Waals surface area contributed by atoms with Crippen molar-refractivity contribution in [3.8, 4) is 0 Å². The van der Waals surface area contributed by atoms with Crippen molar-refractivity contribution in [2.24, 2.45) is 0 Å². The van der Waals surface area contributed by atoms with Crippen LogP contribution in [-0.2, 0) is 6.54 Å². The van der Waals surface area contributed by atoms with Gasteiger partial charge < -0.3 is 15.1 Å². The summed E-state index contributed by atoms with van der Waals surface area (Å²) in [5.74, 6) is 0.322. The molecule has 2 aromatic carbocycles. The number of benzene rings is 2. The Hall–Kier alpha value is -3.87. The van der Waals surface area contributed by atoms with Gasteiger partial charge in [0.2, 0.25) is 0 Å². The Kier molecular flexibility index (Phi) is 3.55. The van der Waals surface area contributed by atoms with Gasteiger partial charge in [-0.05, 0) is 24.3 Å². The Labute approximate surface area is 160 Å². The number of nitrogen functional groups attached to an aromatic ring is 1. The van der Waals surface area contributed by atoms with E-state index in [4.69, 9.17) is 10.2 Å². The summed E-state index contributed by atoms with van der Waals surface area (Å²) < 4.78 is 7.42. The van der Waals surface area contributed by atoms with Gasteiger partial charge in [-0.15, -0.1) is 0 Å². The van der Waals surface area contributed by atoms with E-state index in [9.17, 15) is 4.79 Å². The fraction of sp³-hybridized carbons (Fsp3) is 0.0952. The monoisotopic (exact) mass is 371 g/mol. The number of para-hydroxylation sites is 1. The number of anilines is 1. The number of furan rings is 1. The highest BCUT2D eigenvalue weighted by Gasteiger charge is 2.16. The van der Waals surface area contributed by atoms with Crippen molar-refractivity contribution in [3.63, 3.8) is 0 Å². The number of aromatic nitrogens is 3. The number of imidazole rings is 1. The fourth-order valence-corrected chi connectivity index (χ4v) is 3.53. The molecule has 28 heavy (non-hydrogen) atoms. The predicted octanol–water partition coefficient (Wildman–Crippen LogP) is 3.48. The van der Waals surface area contributed by atoms with E-state index in [0.29, 0.717) is 23.4 Å². The molecule has 0 atom stereocenters. The van der Waals surface area contributed by atoms with Gasteiger partial charge in [-0.1, -0.05) is 18.2 Å². The van der Waals surface area contributed by atoms with Gasteiger partial charge in [-0.3, -0.25) is 9.20 Å². The predicted molar refractivity (Wildman–Crippen MR) is 107 cm³/mol. The number of hydrogen-bond donors (Lipinski definition) is 1. The summed E-state index contributed by atoms with van der Waals surface area (Å²) in [6, 6.07) is 13.2. The number of nitrogens with zero attached hydrogens (tertiary/aromatic N) is 4. The van der Waals surface area contributed by atoms with Crippen LogP contribution in [0.15, 0.2) is 65.7 Å². The molecule has 0 fully saturated rings. The average Bonchev–Trinajstić information content (AvgIpc) is 3.37. The van der Waals surface area contributed by atoms with Gasteiger partial charge in [0.25, 0.3) is 5.91 Å². The number of amides is 1. The number of carbonyl (C=O) groups is 1. The van der Waals surface area contributed by atoms with Crippen molar-refractivity contribution in [2.75, 3.05) is 12.8 Å². The number of rotatable bonds is 3. The normalized spacial score (nSPS) is 11.5. The van der Waals surface area contributed by atoms with E-state index in [1.807, 2.05) is 34.7 Å². The summed E-state index contributed by atoms with van der Waals surface area (Å²) in [5.41, 5.74) is 10.5. The van der Waals surface area contributed by atoms with Gasteiger partial charge in [0.1, 0.15) is 16.9 Å². The molecule has 3 aromatic heterocycles. The number of carbonyl (C=O) groups excluding carboxylic acids is 1. The first-order valence-corrected chi connectivity index (χ1v) is 8.83. The van der Waals surface area contributed by atoms with Crippen molar-refractivity contribution in [2.45, 2.75) is 6.54 Å². The summed E-state index contributed by atoms with van der Waals surface area (Å²) in [6.07, 6.45) is 4.99. The first-order valence-electron chi connectivity index (χ1n) is 8.83. The lowest BCUT2D eigenvalue weighted by atomic mass is 10.1. The lowest BCUT2D eigenvalue weighted by molar-refractivity contribution is 0.0785. The SMILES string of the molecule is CN(Cc1cccc2ccoc12)C(=O)c1ccc2nc(N)c3cncn3c2c1. The van der Waals surface area contributed by atoms with Crippen molar-refractivity contribution in [3.05, 3.63) is 72.4 Å². The van der Waals surface area contributed by atoms with Crippen LogP contribution in [0.2, 0.25) is 0 Å². The van der Waals surface area contributed by atoms with Crippen LogP contribution in [0.3, 0.4) is 0 Å². The topological polar surface area (TPSA) is 89.7 Å². The summed E-state index contributed by atoms with van der Waals surface area (Å²) in [6.45, 7) is 0.447. The molecule has 138 valence electrons. The molecule has 0 unspecified atom stereocenters. The van der Waals surface area contributed by atoms with Crippen LogP contribution in [0.1, 0.15) is 15.9 Å². The van der Waals surface area contributed by atoms with E-state index in [0.717, 1.165) is 27.6 Å². The maximum atomic E-state index is 13.0. The van der Waals surface area contributed by atoms with Gasteiger partial charge in [0.15, 0.2) is 0 Å². The van der Waals surface area contributed by atoms with Gasteiger partial charge >= 0.3 is 0 Å². The third-order valence-electron chi connectivity index (χ3n) is 4.94. The summed E-state index contributed by atoms with van der Waals surface area (Å²) in [4.78, 5) is 23.2. The standard InChI is InChI=1S/C21H17N5O2/c1-25(11-15-4-2-3-13-7-8-28-19(13)15)21(27)14-5-6-16-17(9-14)26-12-23-10-18(26)20(22)24-16/h2-10,12H,11H2,1H3,(H2,22,24). The zero-order valence-corrected chi connectivity index (χ0v) is 15.2. The van der Waals surface area contributed by atoms with Crippen molar-refractivity contribution in [1.82, 2.24) is 19.3 Å². The summed E-state index contributed by atoms with van der Waals surface area (Å²) in [7, 11) is 1.78. The quantitative estimate of drug-likeness (QED) is 0.524. The van der Waals surface area contributed by atoms with Gasteiger partial charge in [0, 0.05) is 30.1 Å². The minimum atomic E-state index is -0.0875. The minimum Gasteiger partial charge on any atom is -0.464 e. The molecule has 0 bridgehead atoms. The molecule has 0 aliphatic carbocycles. The second kappa shape index (κ2) is 6.09. The lowest BCUT2D eigenvalue weighted by Gasteiger charge is -2.18. The fourth-order valence-electron chi connectivity index (χ4n) is 3.53. The van der Waals surface area contributed by atoms with E-state index in [1.54, 1.807) is 42.9 Å². The Morgan fingerprint density at radius 2 is 2.11 bits per heavy atom. The highest BCUT2D eigenvalue weighted by Crippen LogP contribution is 2.23. The molecule has 0 aliphatic heterocycles. The van der Waals surface area contributed by atoms with Crippen LogP contribution in [0.4, 0.5) is 5.82 Å². The van der Waals surface area contributed by atoms with Crippen molar-refractivity contribution in [1.29, 1.82) is 0 Å². The van der Waals surface area contributed by atoms with Gasteiger partial charge in [0.05, 0.1) is 29.8 Å². The van der Waals surface area contributed by atoms with Gasteiger partial charge in [-0.2, -0.15) is 0 Å². The molecular weight excluding hydrogens is 354 g/mol. The van der Waals surface area contributed by atoms with Gasteiger partial charge in [-0.25, -0.2) is 9.97 Å². The zero-order chi connectivity index (χ0) is 19.3. The van der Waals surface area contributed by atoms with E-state index in [-0.39, 0.29) is 5.91 Å². The molecule has 5 aromatic rings. The number of hydrogen-bond acceptors (Lipinski definition) is 5. The molecule has 7 nitrogen and oxygen atoms in total. The lowest BCUT2D eigenvalue weighted by Crippen LogP contribution is -2.26. The van der Waals surface area contributed by atoms with Crippen molar-refractivity contribution >= 4 is 39.2 Å². The molecule has 3 heterocycles. The molecule has 0 saturated carbocycles. The zero-order valence-electron chi connectivity index (χ0n) is 15.2. The number of fused-ring (bicyclic) bond motifs is 4. The van der Waals surface area contributed by atoms with Crippen molar-refractivity contribution < 1.29 is 9.21 Å². The number of nitrogens with two attached hydrogens (primary N) is 1. The minimum absolute atomic E-state index is 0.0875. The second-order valence-electron chi connectivity index (χ2n) is 6.77. The molecule has 7 heteroatoms. The molecule has 0 saturated heterocycles. The largest absolute Gasteiger partial charge is 0.464 e. The van der Waals surface area contributed by atoms with Crippen LogP contribution in [0, 0.1) is 0 Å². The Balaban J connectivity index is 1.51. The van der Waals surface area contributed by atoms with E-state index >= 15 is 0 Å². The molecule has 5 rings (SSSR count).